The van der Waals surface area contributed by atoms with Gasteiger partial charge in [0.05, 0.1) is 5.69 Å². The van der Waals surface area contributed by atoms with Gasteiger partial charge in [0.25, 0.3) is 0 Å². The van der Waals surface area contributed by atoms with E-state index in [1.165, 1.54) is 12.4 Å². The highest BCUT2D eigenvalue weighted by Gasteiger charge is 2.09. The number of carboxylic acids is 1. The van der Waals surface area contributed by atoms with Gasteiger partial charge >= 0.3 is 5.97 Å². The Morgan fingerprint density at radius 2 is 2.18 bits per heavy atom. The number of nitrogens with zero attached hydrogens (tertiary/aromatic N) is 1. The summed E-state index contributed by atoms with van der Waals surface area (Å²) in [5.41, 5.74) is 1.33. The number of halogens is 1. The van der Waals surface area contributed by atoms with Gasteiger partial charge in [0.15, 0.2) is 0 Å². The number of carboxylic acid groups (broad SMARTS) is 1. The van der Waals surface area contributed by atoms with Crippen molar-refractivity contribution in [2.45, 2.75) is 0 Å². The summed E-state index contributed by atoms with van der Waals surface area (Å²) in [6.07, 6.45) is 2.83. The van der Waals surface area contributed by atoms with Crippen LogP contribution >= 0.6 is 11.6 Å². The zero-order chi connectivity index (χ0) is 12.3. The lowest BCUT2D eigenvalue weighted by Crippen LogP contribution is -2.03. The van der Waals surface area contributed by atoms with E-state index >= 15 is 0 Å². The van der Waals surface area contributed by atoms with E-state index in [9.17, 15) is 4.79 Å². The molecule has 86 valence electrons. The third kappa shape index (κ3) is 2.73. The van der Waals surface area contributed by atoms with Crippen LogP contribution in [0.1, 0.15) is 10.4 Å². The zero-order valence-corrected chi connectivity index (χ0v) is 9.48. The Labute approximate surface area is 103 Å². The first-order valence-corrected chi connectivity index (χ1v) is 5.24. The van der Waals surface area contributed by atoms with Gasteiger partial charge in [-0.05, 0) is 24.3 Å². The van der Waals surface area contributed by atoms with Gasteiger partial charge in [-0.25, -0.2) is 4.79 Å². The molecule has 0 fully saturated rings. The smallest absolute Gasteiger partial charge is 0.339 e. The van der Waals surface area contributed by atoms with Gasteiger partial charge in [-0.3, -0.25) is 4.98 Å². The van der Waals surface area contributed by atoms with Crippen molar-refractivity contribution >= 4 is 28.9 Å². The van der Waals surface area contributed by atoms with Gasteiger partial charge in [-0.2, -0.15) is 0 Å². The van der Waals surface area contributed by atoms with Crippen LogP contribution in [-0.2, 0) is 0 Å². The Bertz CT molecular complexity index is 558. The highest BCUT2D eigenvalue weighted by Crippen LogP contribution is 2.22. The summed E-state index contributed by atoms with van der Waals surface area (Å²) in [5, 5.41) is 12.6. The quantitative estimate of drug-likeness (QED) is 0.876. The van der Waals surface area contributed by atoms with Gasteiger partial charge in [-0.1, -0.05) is 17.7 Å². The van der Waals surface area contributed by atoms with Crippen molar-refractivity contribution in [3.05, 3.63) is 53.3 Å². The van der Waals surface area contributed by atoms with E-state index in [2.05, 4.69) is 10.3 Å². The minimum Gasteiger partial charge on any atom is -0.478 e. The van der Waals surface area contributed by atoms with E-state index < -0.39 is 5.97 Å². The Morgan fingerprint density at radius 1 is 1.35 bits per heavy atom. The Kier molecular flexibility index (Phi) is 3.25. The molecule has 1 heterocycles. The maximum atomic E-state index is 11.0. The molecule has 0 aliphatic heterocycles. The Morgan fingerprint density at radius 3 is 2.88 bits per heavy atom. The first-order chi connectivity index (χ1) is 8.16. The molecule has 0 saturated carbocycles. The fourth-order valence-corrected chi connectivity index (χ4v) is 1.59. The number of hydrogen-bond donors (Lipinski definition) is 2. The second-order valence-electron chi connectivity index (χ2n) is 3.36. The van der Waals surface area contributed by atoms with Gasteiger partial charge in [0.1, 0.15) is 5.56 Å². The Balaban J connectivity index is 2.33. The molecule has 0 unspecified atom stereocenters. The van der Waals surface area contributed by atoms with Gasteiger partial charge in [0.2, 0.25) is 0 Å². The van der Waals surface area contributed by atoms with Crippen molar-refractivity contribution in [3.8, 4) is 0 Å². The molecule has 1 aromatic heterocycles. The van der Waals surface area contributed by atoms with Crippen LogP contribution in [0.4, 0.5) is 11.4 Å². The number of nitrogens with one attached hydrogen (secondary N) is 1. The topological polar surface area (TPSA) is 62.2 Å². The molecule has 2 rings (SSSR count). The molecule has 0 bridgehead atoms. The largest absolute Gasteiger partial charge is 0.478 e. The van der Waals surface area contributed by atoms with Crippen molar-refractivity contribution in [1.82, 2.24) is 4.98 Å². The molecule has 0 saturated heterocycles. The van der Waals surface area contributed by atoms with Crippen LogP contribution in [0.2, 0.25) is 5.02 Å². The summed E-state index contributed by atoms with van der Waals surface area (Å²) in [6, 6.07) is 8.65. The van der Waals surface area contributed by atoms with Gasteiger partial charge < -0.3 is 10.4 Å². The van der Waals surface area contributed by atoms with Crippen LogP contribution in [0.15, 0.2) is 42.7 Å². The summed E-state index contributed by atoms with van der Waals surface area (Å²) >= 11 is 5.84. The second-order valence-corrected chi connectivity index (χ2v) is 3.80. The lowest BCUT2D eigenvalue weighted by atomic mass is 10.2. The first-order valence-electron chi connectivity index (χ1n) is 4.87. The number of hydrogen-bond acceptors (Lipinski definition) is 3. The molecular weight excluding hydrogens is 240 g/mol. The third-order valence-electron chi connectivity index (χ3n) is 2.16. The lowest BCUT2D eigenvalue weighted by Gasteiger charge is -2.08. The number of carbonyl (C=O) groups is 1. The fourth-order valence-electron chi connectivity index (χ4n) is 1.40. The van der Waals surface area contributed by atoms with Crippen LogP contribution in [0, 0.1) is 0 Å². The maximum absolute atomic E-state index is 11.0. The summed E-state index contributed by atoms with van der Waals surface area (Å²) < 4.78 is 0. The third-order valence-corrected chi connectivity index (χ3v) is 2.39. The van der Waals surface area contributed by atoms with Crippen molar-refractivity contribution in [1.29, 1.82) is 0 Å². The highest BCUT2D eigenvalue weighted by molar-refractivity contribution is 6.30. The predicted octanol–water partition coefficient (Wildman–Crippen LogP) is 3.18. The molecule has 0 aliphatic carbocycles. The number of rotatable bonds is 3. The monoisotopic (exact) mass is 248 g/mol. The molecule has 0 amide bonds. The van der Waals surface area contributed by atoms with E-state index in [-0.39, 0.29) is 5.56 Å². The number of benzene rings is 1. The van der Waals surface area contributed by atoms with Gasteiger partial charge in [0, 0.05) is 23.1 Å². The van der Waals surface area contributed by atoms with Crippen LogP contribution in [-0.4, -0.2) is 16.1 Å². The minimum atomic E-state index is -1.03. The van der Waals surface area contributed by atoms with E-state index in [0.717, 1.165) is 5.69 Å². The second kappa shape index (κ2) is 4.84. The van der Waals surface area contributed by atoms with Crippen molar-refractivity contribution in [3.63, 3.8) is 0 Å². The lowest BCUT2D eigenvalue weighted by molar-refractivity contribution is 0.0697. The summed E-state index contributed by atoms with van der Waals surface area (Å²) in [4.78, 5) is 14.8. The molecule has 2 N–H and O–H groups in total. The van der Waals surface area contributed by atoms with Crippen molar-refractivity contribution in [2.75, 3.05) is 5.32 Å². The molecule has 17 heavy (non-hydrogen) atoms. The van der Waals surface area contributed by atoms with Crippen LogP contribution in [0.25, 0.3) is 0 Å². The summed E-state index contributed by atoms with van der Waals surface area (Å²) in [7, 11) is 0. The van der Waals surface area contributed by atoms with Crippen LogP contribution in [0.3, 0.4) is 0 Å². The number of aromatic carboxylic acids is 1. The molecule has 0 atom stereocenters. The summed E-state index contributed by atoms with van der Waals surface area (Å²) in [6.45, 7) is 0. The number of anilines is 2. The maximum Gasteiger partial charge on any atom is 0.339 e. The molecular formula is C12H9ClN2O2. The van der Waals surface area contributed by atoms with Crippen molar-refractivity contribution in [2.24, 2.45) is 0 Å². The molecule has 4 nitrogen and oxygen atoms in total. The average Bonchev–Trinajstić information content (AvgIpc) is 2.29. The van der Waals surface area contributed by atoms with E-state index in [4.69, 9.17) is 16.7 Å². The van der Waals surface area contributed by atoms with E-state index in [1.54, 1.807) is 30.3 Å². The molecule has 1 aromatic carbocycles. The zero-order valence-electron chi connectivity index (χ0n) is 8.72. The number of aromatic nitrogens is 1. The normalized spacial score (nSPS) is 9.94. The molecule has 2 aromatic rings. The molecule has 0 aliphatic rings. The van der Waals surface area contributed by atoms with Gasteiger partial charge in [-0.15, -0.1) is 0 Å². The molecule has 0 spiro atoms. The standard InChI is InChI=1S/C12H9ClN2O2/c13-8-2-1-3-9(6-8)15-11-4-5-14-7-10(11)12(16)17/h1-7H,(H,14,15)(H,16,17). The van der Waals surface area contributed by atoms with E-state index in [0.29, 0.717) is 10.7 Å². The minimum absolute atomic E-state index is 0.118. The van der Waals surface area contributed by atoms with Crippen LogP contribution < -0.4 is 5.32 Å². The molecule has 5 heteroatoms. The average molecular weight is 249 g/mol. The SMILES string of the molecule is O=C(O)c1cnccc1Nc1cccc(Cl)c1. The summed E-state index contributed by atoms with van der Waals surface area (Å²) in [5.74, 6) is -1.03. The fraction of sp³-hybridized carbons (Fsp3) is 0. The molecule has 0 radical (unpaired) electrons. The van der Waals surface area contributed by atoms with E-state index in [1.807, 2.05) is 0 Å². The van der Waals surface area contributed by atoms with Crippen LogP contribution in [0.5, 0.6) is 0 Å². The predicted molar refractivity (Wildman–Crippen MR) is 65.9 cm³/mol. The first kappa shape index (κ1) is 11.4. The number of pyridine rings is 1. The van der Waals surface area contributed by atoms with Crippen molar-refractivity contribution < 1.29 is 9.90 Å². The highest BCUT2D eigenvalue weighted by atomic mass is 35.5. The Hall–Kier alpha value is -2.07.